The van der Waals surface area contributed by atoms with Crippen molar-refractivity contribution in [2.24, 2.45) is 0 Å². The number of nitrogens with zero attached hydrogens (tertiary/aromatic N) is 1. The number of hydrogen-bond donors (Lipinski definition) is 1. The first-order valence-corrected chi connectivity index (χ1v) is 4.51. The minimum Gasteiger partial charge on any atom is -0.395 e. The highest BCUT2D eigenvalue weighted by Crippen LogP contribution is 2.26. The summed E-state index contributed by atoms with van der Waals surface area (Å²) in [6.45, 7) is 0.984. The van der Waals surface area contributed by atoms with Gasteiger partial charge in [0.15, 0.2) is 5.82 Å². The summed E-state index contributed by atoms with van der Waals surface area (Å²) in [5.74, 6) is -1.38. The molecule has 0 amide bonds. The molecule has 1 rings (SSSR count). The first kappa shape index (κ1) is 11.7. The van der Waals surface area contributed by atoms with Crippen LogP contribution in [0.15, 0.2) is 12.1 Å². The number of halogens is 2. The first-order chi connectivity index (χ1) is 7.06. The third-order valence-corrected chi connectivity index (χ3v) is 2.11. The lowest BCUT2D eigenvalue weighted by atomic mass is 10.2. The van der Waals surface area contributed by atoms with Crippen LogP contribution in [0.25, 0.3) is 0 Å². The molecule has 5 heteroatoms. The molecule has 0 radical (unpaired) electrons. The number of rotatable bonds is 4. The van der Waals surface area contributed by atoms with Gasteiger partial charge in [0.25, 0.3) is 0 Å². The Morgan fingerprint density at radius 3 is 2.67 bits per heavy atom. The highest BCUT2D eigenvalue weighted by molar-refractivity contribution is 5.67. The van der Waals surface area contributed by atoms with Gasteiger partial charge in [-0.1, -0.05) is 0 Å². The number of nitrogen functional groups attached to an aromatic ring is 1. The maximum absolute atomic E-state index is 13.1. The van der Waals surface area contributed by atoms with Crippen LogP contribution >= 0.6 is 0 Å². The number of methoxy groups -OCH3 is 1. The molecular weight excluding hydrogens is 202 g/mol. The molecule has 3 nitrogen and oxygen atoms in total. The summed E-state index contributed by atoms with van der Waals surface area (Å²) < 4.78 is 30.9. The van der Waals surface area contributed by atoms with Gasteiger partial charge in [0.05, 0.1) is 18.0 Å². The predicted molar refractivity (Wildman–Crippen MR) is 55.9 cm³/mol. The SMILES string of the molecule is COCCN(C)c1cc(F)cc(F)c1N. The van der Waals surface area contributed by atoms with E-state index in [1.54, 1.807) is 19.1 Å². The predicted octanol–water partition coefficient (Wildman–Crippen LogP) is 1.63. The zero-order valence-corrected chi connectivity index (χ0v) is 8.76. The maximum Gasteiger partial charge on any atom is 0.151 e. The monoisotopic (exact) mass is 216 g/mol. The number of ether oxygens (including phenoxy) is 1. The Balaban J connectivity index is 2.92. The van der Waals surface area contributed by atoms with Crippen LogP contribution in [0.4, 0.5) is 20.2 Å². The molecule has 84 valence electrons. The molecule has 1 aromatic rings. The van der Waals surface area contributed by atoms with Crippen molar-refractivity contribution in [3.8, 4) is 0 Å². The molecule has 0 aromatic heterocycles. The number of hydrogen-bond acceptors (Lipinski definition) is 3. The summed E-state index contributed by atoms with van der Waals surface area (Å²) in [5.41, 5.74) is 5.79. The van der Waals surface area contributed by atoms with Gasteiger partial charge in [-0.15, -0.1) is 0 Å². The zero-order valence-electron chi connectivity index (χ0n) is 8.76. The summed E-state index contributed by atoms with van der Waals surface area (Å²) in [6, 6.07) is 1.97. The van der Waals surface area contributed by atoms with E-state index in [4.69, 9.17) is 10.5 Å². The molecule has 0 saturated heterocycles. The molecule has 0 aliphatic rings. The Hall–Kier alpha value is -1.36. The standard InChI is InChI=1S/C10H14F2N2O/c1-14(3-4-15-2)9-6-7(11)5-8(12)10(9)13/h5-6H,3-4,13H2,1-2H3. The van der Waals surface area contributed by atoms with E-state index in [-0.39, 0.29) is 5.69 Å². The fourth-order valence-corrected chi connectivity index (χ4v) is 1.24. The molecule has 0 heterocycles. The van der Waals surface area contributed by atoms with E-state index in [2.05, 4.69) is 0 Å². The normalized spacial score (nSPS) is 10.4. The van der Waals surface area contributed by atoms with Gasteiger partial charge in [-0.2, -0.15) is 0 Å². The lowest BCUT2D eigenvalue weighted by molar-refractivity contribution is 0.206. The van der Waals surface area contributed by atoms with Gasteiger partial charge in [0.2, 0.25) is 0 Å². The van der Waals surface area contributed by atoms with Crippen molar-refractivity contribution in [3.63, 3.8) is 0 Å². The third-order valence-electron chi connectivity index (χ3n) is 2.11. The van der Waals surface area contributed by atoms with Crippen molar-refractivity contribution in [1.82, 2.24) is 0 Å². The van der Waals surface area contributed by atoms with Crippen molar-refractivity contribution in [2.75, 3.05) is 37.9 Å². The van der Waals surface area contributed by atoms with Crippen LogP contribution in [-0.4, -0.2) is 27.3 Å². The van der Waals surface area contributed by atoms with Crippen LogP contribution in [0.3, 0.4) is 0 Å². The Morgan fingerprint density at radius 2 is 2.07 bits per heavy atom. The average Bonchev–Trinajstić information content (AvgIpc) is 2.19. The first-order valence-electron chi connectivity index (χ1n) is 4.51. The Kier molecular flexibility index (Phi) is 3.85. The van der Waals surface area contributed by atoms with E-state index in [0.29, 0.717) is 18.8 Å². The van der Waals surface area contributed by atoms with Gasteiger partial charge in [0.1, 0.15) is 5.82 Å². The minimum absolute atomic E-state index is 0.0463. The fourth-order valence-electron chi connectivity index (χ4n) is 1.24. The molecule has 15 heavy (non-hydrogen) atoms. The van der Waals surface area contributed by atoms with E-state index >= 15 is 0 Å². The minimum atomic E-state index is -0.741. The van der Waals surface area contributed by atoms with E-state index in [0.717, 1.165) is 6.07 Å². The largest absolute Gasteiger partial charge is 0.395 e. The van der Waals surface area contributed by atoms with Crippen LogP contribution in [0.2, 0.25) is 0 Å². The summed E-state index contributed by atoms with van der Waals surface area (Å²) in [4.78, 5) is 1.64. The topological polar surface area (TPSA) is 38.5 Å². The average molecular weight is 216 g/mol. The second-order valence-corrected chi connectivity index (χ2v) is 3.23. The van der Waals surface area contributed by atoms with E-state index < -0.39 is 11.6 Å². The Bertz CT molecular complexity index is 344. The second-order valence-electron chi connectivity index (χ2n) is 3.23. The molecule has 0 bridgehead atoms. The third kappa shape index (κ3) is 2.79. The van der Waals surface area contributed by atoms with Crippen molar-refractivity contribution < 1.29 is 13.5 Å². The van der Waals surface area contributed by atoms with Crippen LogP contribution in [0.5, 0.6) is 0 Å². The quantitative estimate of drug-likeness (QED) is 0.777. The van der Waals surface area contributed by atoms with Crippen LogP contribution in [0, 0.1) is 11.6 Å². The molecule has 1 aromatic carbocycles. The summed E-state index contributed by atoms with van der Waals surface area (Å²) in [6.07, 6.45) is 0. The molecule has 0 fully saturated rings. The van der Waals surface area contributed by atoms with Gasteiger partial charge < -0.3 is 15.4 Å². The molecule has 0 unspecified atom stereocenters. The molecule has 2 N–H and O–H groups in total. The number of benzene rings is 1. The number of nitrogens with two attached hydrogens (primary N) is 1. The summed E-state index contributed by atoms with van der Waals surface area (Å²) >= 11 is 0. The van der Waals surface area contributed by atoms with Crippen molar-refractivity contribution in [3.05, 3.63) is 23.8 Å². The van der Waals surface area contributed by atoms with Crippen LogP contribution in [-0.2, 0) is 4.74 Å². The van der Waals surface area contributed by atoms with Crippen molar-refractivity contribution in [1.29, 1.82) is 0 Å². The van der Waals surface area contributed by atoms with Gasteiger partial charge in [0, 0.05) is 26.8 Å². The summed E-state index contributed by atoms with van der Waals surface area (Å²) in [7, 11) is 3.26. The Labute approximate surface area is 87.4 Å². The lowest BCUT2D eigenvalue weighted by Crippen LogP contribution is -2.23. The van der Waals surface area contributed by atoms with Gasteiger partial charge in [-0.05, 0) is 6.07 Å². The number of anilines is 2. The summed E-state index contributed by atoms with van der Waals surface area (Å²) in [5, 5.41) is 0. The second kappa shape index (κ2) is 4.93. The van der Waals surface area contributed by atoms with E-state index in [1.165, 1.54) is 6.07 Å². The van der Waals surface area contributed by atoms with Gasteiger partial charge >= 0.3 is 0 Å². The molecule has 0 spiro atoms. The van der Waals surface area contributed by atoms with Gasteiger partial charge in [-0.25, -0.2) is 8.78 Å². The number of likely N-dealkylation sites (N-methyl/N-ethyl adjacent to an activating group) is 1. The van der Waals surface area contributed by atoms with Crippen molar-refractivity contribution >= 4 is 11.4 Å². The molecule has 0 saturated carbocycles. The van der Waals surface area contributed by atoms with Crippen LogP contribution < -0.4 is 10.6 Å². The highest BCUT2D eigenvalue weighted by atomic mass is 19.1. The Morgan fingerprint density at radius 1 is 1.40 bits per heavy atom. The maximum atomic E-state index is 13.1. The molecular formula is C10H14F2N2O. The fraction of sp³-hybridized carbons (Fsp3) is 0.400. The highest BCUT2D eigenvalue weighted by Gasteiger charge is 2.11. The zero-order chi connectivity index (χ0) is 11.4. The van der Waals surface area contributed by atoms with Crippen molar-refractivity contribution in [2.45, 2.75) is 0 Å². The molecule has 0 atom stereocenters. The van der Waals surface area contributed by atoms with Gasteiger partial charge in [-0.3, -0.25) is 0 Å². The van der Waals surface area contributed by atoms with Crippen LogP contribution in [0.1, 0.15) is 0 Å². The van der Waals surface area contributed by atoms with E-state index in [1.807, 2.05) is 0 Å². The smallest absolute Gasteiger partial charge is 0.151 e. The van der Waals surface area contributed by atoms with E-state index in [9.17, 15) is 8.78 Å². The molecule has 0 aliphatic heterocycles. The molecule has 0 aliphatic carbocycles. The lowest BCUT2D eigenvalue weighted by Gasteiger charge is -2.20.